The molecular weight excluding hydrogens is 384 g/mol. The average Bonchev–Trinajstić information content (AvgIpc) is 3.05. The minimum Gasteiger partial charge on any atom is -0.480 e. The zero-order valence-electron chi connectivity index (χ0n) is 17.3. The first-order chi connectivity index (χ1) is 14.3. The first kappa shape index (κ1) is 21.4. The van der Waals surface area contributed by atoms with Gasteiger partial charge in [0.1, 0.15) is 18.2 Å². The molecule has 158 valence electrons. The quantitative estimate of drug-likeness (QED) is 0.650. The van der Waals surface area contributed by atoms with E-state index in [1.165, 1.54) is 13.8 Å². The van der Waals surface area contributed by atoms with Crippen LogP contribution in [0, 0.1) is 0 Å². The Morgan fingerprint density at radius 3 is 2.10 bits per heavy atom. The smallest absolute Gasteiger partial charge is 0.407 e. The fourth-order valence-corrected chi connectivity index (χ4v) is 3.56. The predicted molar refractivity (Wildman–Crippen MR) is 112 cm³/mol. The Bertz CT molecular complexity index is 928. The summed E-state index contributed by atoms with van der Waals surface area (Å²) in [4.78, 5) is 35.9. The molecule has 2 amide bonds. The van der Waals surface area contributed by atoms with Crippen molar-refractivity contribution in [3.05, 3.63) is 59.7 Å². The van der Waals surface area contributed by atoms with E-state index >= 15 is 0 Å². The van der Waals surface area contributed by atoms with E-state index in [4.69, 9.17) is 4.74 Å². The van der Waals surface area contributed by atoms with Crippen molar-refractivity contribution in [2.24, 2.45) is 0 Å². The SMILES string of the molecule is CCC(C)(NC(=O)[C@@H](C)NC(=O)OCC1c2ccccc2-c2ccccc21)C(=O)O. The summed E-state index contributed by atoms with van der Waals surface area (Å²) in [6.07, 6.45) is -0.515. The van der Waals surface area contributed by atoms with Crippen LogP contribution in [0.3, 0.4) is 0 Å². The van der Waals surface area contributed by atoms with Crippen molar-refractivity contribution in [3.63, 3.8) is 0 Å². The summed E-state index contributed by atoms with van der Waals surface area (Å²) in [5.74, 6) is -1.80. The molecule has 1 aliphatic carbocycles. The number of benzene rings is 2. The molecule has 0 bridgehead atoms. The van der Waals surface area contributed by atoms with Crippen LogP contribution in [0.2, 0.25) is 0 Å². The second kappa shape index (κ2) is 8.57. The molecule has 30 heavy (non-hydrogen) atoms. The van der Waals surface area contributed by atoms with Crippen LogP contribution < -0.4 is 10.6 Å². The minimum atomic E-state index is -1.39. The summed E-state index contributed by atoms with van der Waals surface area (Å²) in [6.45, 7) is 4.70. The fraction of sp³-hybridized carbons (Fsp3) is 0.348. The van der Waals surface area contributed by atoms with Gasteiger partial charge in [-0.15, -0.1) is 0 Å². The molecule has 0 aromatic heterocycles. The Kier molecular flexibility index (Phi) is 6.10. The number of hydrogen-bond acceptors (Lipinski definition) is 4. The number of alkyl carbamates (subject to hydrolysis) is 1. The normalized spacial score (nSPS) is 15.3. The van der Waals surface area contributed by atoms with Crippen LogP contribution >= 0.6 is 0 Å². The predicted octanol–water partition coefficient (Wildman–Crippen LogP) is 3.28. The van der Waals surface area contributed by atoms with Crippen molar-refractivity contribution >= 4 is 18.0 Å². The first-order valence-corrected chi connectivity index (χ1v) is 9.93. The number of carboxylic acids is 1. The van der Waals surface area contributed by atoms with Gasteiger partial charge in [-0.2, -0.15) is 0 Å². The van der Waals surface area contributed by atoms with Crippen LogP contribution in [-0.4, -0.2) is 41.3 Å². The molecule has 1 aliphatic rings. The lowest BCUT2D eigenvalue weighted by molar-refractivity contribution is -0.147. The van der Waals surface area contributed by atoms with E-state index in [1.54, 1.807) is 6.92 Å². The van der Waals surface area contributed by atoms with Gasteiger partial charge in [0, 0.05) is 5.92 Å². The third kappa shape index (κ3) is 4.15. The second-order valence-electron chi connectivity index (χ2n) is 7.67. The van der Waals surface area contributed by atoms with Crippen molar-refractivity contribution in [2.45, 2.75) is 44.7 Å². The number of carbonyl (C=O) groups excluding carboxylic acids is 2. The molecule has 3 N–H and O–H groups in total. The van der Waals surface area contributed by atoms with Crippen LogP contribution in [0.15, 0.2) is 48.5 Å². The summed E-state index contributed by atoms with van der Waals surface area (Å²) in [7, 11) is 0. The third-order valence-electron chi connectivity index (χ3n) is 5.65. The molecule has 0 saturated carbocycles. The van der Waals surface area contributed by atoms with Gasteiger partial charge >= 0.3 is 12.1 Å². The van der Waals surface area contributed by atoms with E-state index in [-0.39, 0.29) is 18.9 Å². The molecule has 0 aliphatic heterocycles. The van der Waals surface area contributed by atoms with Gasteiger partial charge in [-0.1, -0.05) is 55.5 Å². The van der Waals surface area contributed by atoms with Gasteiger partial charge in [-0.3, -0.25) is 4.79 Å². The third-order valence-corrected chi connectivity index (χ3v) is 5.65. The summed E-state index contributed by atoms with van der Waals surface area (Å²) in [5, 5.41) is 14.2. The molecule has 3 rings (SSSR count). The minimum absolute atomic E-state index is 0.0809. The highest BCUT2D eigenvalue weighted by atomic mass is 16.5. The van der Waals surface area contributed by atoms with Gasteiger partial charge in [-0.05, 0) is 42.5 Å². The number of rotatable bonds is 7. The second-order valence-corrected chi connectivity index (χ2v) is 7.67. The number of carbonyl (C=O) groups is 3. The van der Waals surface area contributed by atoms with E-state index in [0.29, 0.717) is 0 Å². The Labute approximate surface area is 175 Å². The highest BCUT2D eigenvalue weighted by molar-refractivity contribution is 5.90. The molecule has 7 nitrogen and oxygen atoms in total. The van der Waals surface area contributed by atoms with Crippen LogP contribution in [0.1, 0.15) is 44.2 Å². The maximum Gasteiger partial charge on any atom is 0.407 e. The van der Waals surface area contributed by atoms with Gasteiger partial charge in [0.25, 0.3) is 0 Å². The number of carboxylic acid groups (broad SMARTS) is 1. The molecule has 0 saturated heterocycles. The summed E-state index contributed by atoms with van der Waals surface area (Å²) < 4.78 is 5.42. The summed E-state index contributed by atoms with van der Waals surface area (Å²) in [6, 6.07) is 15.1. The molecular formula is C23H26N2O5. The zero-order chi connectivity index (χ0) is 21.9. The molecule has 1 unspecified atom stereocenters. The van der Waals surface area contributed by atoms with E-state index in [9.17, 15) is 19.5 Å². The summed E-state index contributed by atoms with van der Waals surface area (Å²) in [5.41, 5.74) is 3.05. The first-order valence-electron chi connectivity index (χ1n) is 9.93. The maximum absolute atomic E-state index is 12.3. The van der Waals surface area contributed by atoms with E-state index in [2.05, 4.69) is 10.6 Å². The molecule has 0 fully saturated rings. The monoisotopic (exact) mass is 410 g/mol. The Hall–Kier alpha value is -3.35. The lowest BCUT2D eigenvalue weighted by Gasteiger charge is -2.26. The average molecular weight is 410 g/mol. The molecule has 7 heteroatoms. The van der Waals surface area contributed by atoms with Crippen molar-refractivity contribution < 1.29 is 24.2 Å². The highest BCUT2D eigenvalue weighted by Gasteiger charge is 2.34. The molecule has 2 aromatic carbocycles. The van der Waals surface area contributed by atoms with Crippen LogP contribution in [0.5, 0.6) is 0 Å². The lowest BCUT2D eigenvalue weighted by atomic mass is 9.98. The molecule has 0 radical (unpaired) electrons. The Balaban J connectivity index is 1.61. The van der Waals surface area contributed by atoms with Crippen molar-refractivity contribution in [1.29, 1.82) is 0 Å². The van der Waals surface area contributed by atoms with Gasteiger partial charge in [0.2, 0.25) is 5.91 Å². The van der Waals surface area contributed by atoms with Crippen molar-refractivity contribution in [2.75, 3.05) is 6.61 Å². The number of hydrogen-bond donors (Lipinski definition) is 3. The van der Waals surface area contributed by atoms with Crippen molar-refractivity contribution in [1.82, 2.24) is 10.6 Å². The number of amides is 2. The van der Waals surface area contributed by atoms with Gasteiger partial charge < -0.3 is 20.5 Å². The van der Waals surface area contributed by atoms with E-state index in [0.717, 1.165) is 22.3 Å². The maximum atomic E-state index is 12.3. The molecule has 2 atom stereocenters. The molecule has 2 aromatic rings. The highest BCUT2D eigenvalue weighted by Crippen LogP contribution is 2.44. The van der Waals surface area contributed by atoms with Crippen LogP contribution in [-0.2, 0) is 14.3 Å². The zero-order valence-corrected chi connectivity index (χ0v) is 17.3. The van der Waals surface area contributed by atoms with E-state index < -0.39 is 29.6 Å². The molecule has 0 heterocycles. The van der Waals surface area contributed by atoms with Crippen molar-refractivity contribution in [3.8, 4) is 11.1 Å². The summed E-state index contributed by atoms with van der Waals surface area (Å²) >= 11 is 0. The molecule has 0 spiro atoms. The van der Waals surface area contributed by atoms with Crippen LogP contribution in [0.25, 0.3) is 11.1 Å². The number of nitrogens with one attached hydrogen (secondary N) is 2. The Morgan fingerprint density at radius 1 is 1.07 bits per heavy atom. The topological polar surface area (TPSA) is 105 Å². The number of ether oxygens (including phenoxy) is 1. The standard InChI is InChI=1S/C23H26N2O5/c1-4-23(3,21(27)28)25-20(26)14(2)24-22(29)30-13-19-17-11-7-5-9-15(17)16-10-6-8-12-18(16)19/h5-12,14,19H,4,13H2,1-3H3,(H,24,29)(H,25,26)(H,27,28)/t14-,23?/m1/s1. The number of fused-ring (bicyclic) bond motifs is 3. The van der Waals surface area contributed by atoms with Gasteiger partial charge in [0.15, 0.2) is 0 Å². The Morgan fingerprint density at radius 2 is 1.60 bits per heavy atom. The largest absolute Gasteiger partial charge is 0.480 e. The number of aliphatic carboxylic acids is 1. The van der Waals surface area contributed by atoms with Crippen LogP contribution in [0.4, 0.5) is 4.79 Å². The van der Waals surface area contributed by atoms with Gasteiger partial charge in [0.05, 0.1) is 0 Å². The van der Waals surface area contributed by atoms with Gasteiger partial charge in [-0.25, -0.2) is 9.59 Å². The van der Waals surface area contributed by atoms with E-state index in [1.807, 2.05) is 48.5 Å². The fourth-order valence-electron chi connectivity index (χ4n) is 3.56. The lowest BCUT2D eigenvalue weighted by Crippen LogP contribution is -2.56.